The molecule has 0 saturated heterocycles. The van der Waals surface area contributed by atoms with Gasteiger partial charge in [0.2, 0.25) is 6.79 Å². The second kappa shape index (κ2) is 8.78. The Morgan fingerprint density at radius 1 is 1.15 bits per heavy atom. The first-order valence-electron chi connectivity index (χ1n) is 8.06. The van der Waals surface area contributed by atoms with Crippen molar-refractivity contribution in [3.63, 3.8) is 0 Å². The Morgan fingerprint density at radius 3 is 2.50 bits per heavy atom. The molecule has 0 aromatic heterocycles. The van der Waals surface area contributed by atoms with Crippen molar-refractivity contribution in [1.82, 2.24) is 10.2 Å². The molecule has 0 aliphatic carbocycles. The maximum Gasteiger partial charge on any atom is 0.251 e. The molecule has 2 aromatic rings. The fourth-order valence-electron chi connectivity index (χ4n) is 2.75. The van der Waals surface area contributed by atoms with E-state index < -0.39 is 0 Å². The average molecular weight is 379 g/mol. The van der Waals surface area contributed by atoms with Gasteiger partial charge in [0, 0.05) is 12.1 Å². The summed E-state index contributed by atoms with van der Waals surface area (Å²) in [6.07, 6.45) is 0. The van der Waals surface area contributed by atoms with Crippen LogP contribution in [0.2, 0.25) is 0 Å². The van der Waals surface area contributed by atoms with E-state index in [-0.39, 0.29) is 31.1 Å². The summed E-state index contributed by atoms with van der Waals surface area (Å²) in [6, 6.07) is 12.9. The zero-order valence-electron chi connectivity index (χ0n) is 15.0. The molecule has 1 heterocycles. The molecule has 1 atom stereocenters. The molecule has 6 nitrogen and oxygen atoms in total. The van der Waals surface area contributed by atoms with E-state index in [1.54, 1.807) is 31.4 Å². The van der Waals surface area contributed by atoms with Crippen molar-refractivity contribution < 1.29 is 19.0 Å². The summed E-state index contributed by atoms with van der Waals surface area (Å²) in [5.74, 6) is 2.10. The number of amides is 1. The van der Waals surface area contributed by atoms with Crippen LogP contribution < -0.4 is 19.5 Å². The highest BCUT2D eigenvalue weighted by Crippen LogP contribution is 2.34. The van der Waals surface area contributed by atoms with E-state index in [1.165, 1.54) is 0 Å². The van der Waals surface area contributed by atoms with Gasteiger partial charge in [0.05, 0.1) is 13.2 Å². The zero-order valence-corrected chi connectivity index (χ0v) is 15.8. The Balaban J connectivity index is 0.00000243. The number of hydrogen-bond donors (Lipinski definition) is 1. The molecule has 0 fully saturated rings. The topological polar surface area (TPSA) is 60.0 Å². The van der Waals surface area contributed by atoms with Gasteiger partial charge in [0.25, 0.3) is 5.91 Å². The summed E-state index contributed by atoms with van der Waals surface area (Å²) >= 11 is 0. The van der Waals surface area contributed by atoms with Crippen molar-refractivity contribution in [2.75, 3.05) is 34.5 Å². The molecule has 2 aromatic carbocycles. The lowest BCUT2D eigenvalue weighted by Crippen LogP contribution is -2.34. The number of fused-ring (bicyclic) bond motifs is 1. The zero-order chi connectivity index (χ0) is 17.8. The molecule has 1 aliphatic heterocycles. The van der Waals surface area contributed by atoms with Crippen LogP contribution in [0.3, 0.4) is 0 Å². The van der Waals surface area contributed by atoms with Gasteiger partial charge in [-0.2, -0.15) is 0 Å². The van der Waals surface area contributed by atoms with Crippen molar-refractivity contribution in [2.45, 2.75) is 6.04 Å². The van der Waals surface area contributed by atoms with Crippen LogP contribution >= 0.6 is 12.4 Å². The van der Waals surface area contributed by atoms with Gasteiger partial charge >= 0.3 is 0 Å². The highest BCUT2D eigenvalue weighted by atomic mass is 35.5. The van der Waals surface area contributed by atoms with Gasteiger partial charge in [-0.15, -0.1) is 12.4 Å². The van der Waals surface area contributed by atoms with E-state index in [2.05, 4.69) is 10.2 Å². The molecule has 140 valence electrons. The number of carbonyl (C=O) groups is 1. The molecule has 1 unspecified atom stereocenters. The number of benzene rings is 2. The number of nitrogens with one attached hydrogen (secondary N) is 1. The van der Waals surface area contributed by atoms with E-state index in [9.17, 15) is 4.79 Å². The predicted octanol–water partition coefficient (Wildman–Crippen LogP) is 2.88. The third kappa shape index (κ3) is 4.39. The van der Waals surface area contributed by atoms with Crippen molar-refractivity contribution in [2.24, 2.45) is 0 Å². The van der Waals surface area contributed by atoms with Gasteiger partial charge in [-0.1, -0.05) is 6.07 Å². The van der Waals surface area contributed by atoms with Crippen molar-refractivity contribution in [3.8, 4) is 17.2 Å². The fraction of sp³-hybridized carbons (Fsp3) is 0.316. The maximum absolute atomic E-state index is 12.4. The molecule has 1 amide bonds. The summed E-state index contributed by atoms with van der Waals surface area (Å²) in [5.41, 5.74) is 1.66. The number of likely N-dealkylation sites (N-methyl/N-ethyl adjacent to an activating group) is 1. The highest BCUT2D eigenvalue weighted by molar-refractivity contribution is 5.94. The standard InChI is InChI=1S/C19H22N2O4.ClH/c1-21(2)16(14-6-9-17-18(10-14)25-12-24-17)11-20-19(22)13-4-7-15(23-3)8-5-13;/h4-10,16H,11-12H2,1-3H3,(H,20,22);1H. The van der Waals surface area contributed by atoms with Gasteiger partial charge in [0.1, 0.15) is 5.75 Å². The van der Waals surface area contributed by atoms with Crippen LogP contribution in [0.5, 0.6) is 17.2 Å². The van der Waals surface area contributed by atoms with E-state index in [0.717, 1.165) is 22.8 Å². The third-order valence-corrected chi connectivity index (χ3v) is 4.21. The van der Waals surface area contributed by atoms with Crippen LogP contribution in [0.25, 0.3) is 0 Å². The predicted molar refractivity (Wildman–Crippen MR) is 102 cm³/mol. The maximum atomic E-state index is 12.4. The van der Waals surface area contributed by atoms with Crippen molar-refractivity contribution >= 4 is 18.3 Å². The van der Waals surface area contributed by atoms with Gasteiger partial charge < -0.3 is 24.4 Å². The number of halogens is 1. The first-order chi connectivity index (χ1) is 12.1. The average Bonchev–Trinajstić information content (AvgIpc) is 3.09. The summed E-state index contributed by atoms with van der Waals surface area (Å²) in [5, 5.41) is 2.99. The van der Waals surface area contributed by atoms with Gasteiger partial charge in [-0.3, -0.25) is 4.79 Å². The SMILES string of the molecule is COc1ccc(C(=O)NCC(c2ccc3c(c2)OCO3)N(C)C)cc1.Cl. The van der Waals surface area contributed by atoms with Crippen molar-refractivity contribution in [1.29, 1.82) is 0 Å². The van der Waals surface area contributed by atoms with E-state index in [4.69, 9.17) is 14.2 Å². The minimum atomic E-state index is -0.116. The Morgan fingerprint density at radius 2 is 1.85 bits per heavy atom. The molecule has 26 heavy (non-hydrogen) atoms. The minimum absolute atomic E-state index is 0. The second-order valence-electron chi connectivity index (χ2n) is 6.03. The number of ether oxygens (including phenoxy) is 3. The number of hydrogen-bond acceptors (Lipinski definition) is 5. The van der Waals surface area contributed by atoms with Crippen LogP contribution in [0.1, 0.15) is 22.0 Å². The number of rotatable bonds is 6. The van der Waals surface area contributed by atoms with Crippen molar-refractivity contribution in [3.05, 3.63) is 53.6 Å². The normalized spacial score (nSPS) is 13.1. The molecule has 0 bridgehead atoms. The van der Waals surface area contributed by atoms with Crippen LogP contribution in [-0.4, -0.2) is 45.3 Å². The molecule has 0 spiro atoms. The van der Waals surface area contributed by atoms with Gasteiger partial charge in [0.15, 0.2) is 11.5 Å². The van der Waals surface area contributed by atoms with Gasteiger partial charge in [-0.25, -0.2) is 0 Å². The smallest absolute Gasteiger partial charge is 0.251 e. The molecule has 1 N–H and O–H groups in total. The number of carbonyl (C=O) groups excluding carboxylic acids is 1. The molecular formula is C19H23ClN2O4. The molecule has 1 aliphatic rings. The minimum Gasteiger partial charge on any atom is -0.497 e. The largest absolute Gasteiger partial charge is 0.497 e. The summed E-state index contributed by atoms with van der Waals surface area (Å²) in [4.78, 5) is 14.4. The quantitative estimate of drug-likeness (QED) is 0.837. The van der Waals surface area contributed by atoms with E-state index >= 15 is 0 Å². The molecular weight excluding hydrogens is 356 g/mol. The summed E-state index contributed by atoms with van der Waals surface area (Å²) in [6.45, 7) is 0.733. The molecule has 3 rings (SSSR count). The fourth-order valence-corrected chi connectivity index (χ4v) is 2.75. The number of methoxy groups -OCH3 is 1. The lowest BCUT2D eigenvalue weighted by molar-refractivity contribution is 0.0942. The molecule has 0 radical (unpaired) electrons. The Labute approximate surface area is 159 Å². The van der Waals surface area contributed by atoms with Gasteiger partial charge in [-0.05, 0) is 56.1 Å². The lowest BCUT2D eigenvalue weighted by Gasteiger charge is -2.25. The van der Waals surface area contributed by atoms with Crippen LogP contribution in [0.15, 0.2) is 42.5 Å². The Kier molecular flexibility index (Phi) is 6.71. The lowest BCUT2D eigenvalue weighted by atomic mass is 10.0. The van der Waals surface area contributed by atoms with Crippen LogP contribution in [0.4, 0.5) is 0 Å². The van der Waals surface area contributed by atoms with Crippen LogP contribution in [-0.2, 0) is 0 Å². The molecule has 7 heteroatoms. The first kappa shape index (κ1) is 19.9. The highest BCUT2D eigenvalue weighted by Gasteiger charge is 2.20. The molecule has 0 saturated carbocycles. The second-order valence-corrected chi connectivity index (χ2v) is 6.03. The van der Waals surface area contributed by atoms with E-state index in [1.807, 2.05) is 32.3 Å². The third-order valence-electron chi connectivity index (χ3n) is 4.21. The summed E-state index contributed by atoms with van der Waals surface area (Å²) < 4.78 is 15.9. The Hall–Kier alpha value is -2.44. The summed E-state index contributed by atoms with van der Waals surface area (Å²) in [7, 11) is 5.56. The Bertz CT molecular complexity index is 750. The first-order valence-corrected chi connectivity index (χ1v) is 8.06. The monoisotopic (exact) mass is 378 g/mol. The van der Waals surface area contributed by atoms with Crippen LogP contribution in [0, 0.1) is 0 Å². The van der Waals surface area contributed by atoms with E-state index in [0.29, 0.717) is 12.1 Å². The number of nitrogens with zero attached hydrogens (tertiary/aromatic N) is 1.